The Balaban J connectivity index is 2.38. The molecule has 0 atom stereocenters. The third-order valence-corrected chi connectivity index (χ3v) is 1.68. The van der Waals surface area contributed by atoms with Crippen LogP contribution in [0.1, 0.15) is 18.9 Å². The average molecular weight is 162 g/mol. The van der Waals surface area contributed by atoms with Gasteiger partial charge in [-0.2, -0.15) is 0 Å². The Bertz CT molecular complexity index is 238. The molecule has 0 radical (unpaired) electrons. The summed E-state index contributed by atoms with van der Waals surface area (Å²) in [6.45, 7) is 6.43. The van der Waals surface area contributed by atoms with E-state index >= 15 is 0 Å². The fourth-order valence-corrected chi connectivity index (χ4v) is 0.862. The Morgan fingerprint density at radius 1 is 1.33 bits per heavy atom. The van der Waals surface area contributed by atoms with Gasteiger partial charge in [0.25, 0.3) is 0 Å². The molecule has 0 unspecified atom stereocenters. The van der Waals surface area contributed by atoms with Crippen molar-refractivity contribution in [1.29, 1.82) is 0 Å². The molecule has 0 fully saturated rings. The minimum absolute atomic E-state index is 0.632. The van der Waals surface area contributed by atoms with E-state index in [0.717, 1.165) is 12.2 Å². The van der Waals surface area contributed by atoms with Crippen LogP contribution in [0, 0.1) is 0 Å². The van der Waals surface area contributed by atoms with Gasteiger partial charge < -0.3 is 4.74 Å². The van der Waals surface area contributed by atoms with Gasteiger partial charge in [0.1, 0.15) is 6.61 Å². The maximum atomic E-state index is 5.38. The molecule has 12 heavy (non-hydrogen) atoms. The molecule has 0 bridgehead atoms. The first-order valence-corrected chi connectivity index (χ1v) is 4.17. The second kappa shape index (κ2) is 4.60. The summed E-state index contributed by atoms with van der Waals surface area (Å²) in [7, 11) is 0. The highest BCUT2D eigenvalue weighted by Crippen LogP contribution is 2.05. The summed E-state index contributed by atoms with van der Waals surface area (Å²) >= 11 is 0. The molecule has 1 nitrogen and oxygen atoms in total. The predicted molar refractivity (Wildman–Crippen MR) is 50.7 cm³/mol. The average Bonchev–Trinajstić information content (AvgIpc) is 2.16. The molecular formula is C11H14O. The minimum Gasteiger partial charge on any atom is -0.494 e. The van der Waals surface area contributed by atoms with Gasteiger partial charge in [-0.1, -0.05) is 43.8 Å². The van der Waals surface area contributed by atoms with Gasteiger partial charge in [-0.25, -0.2) is 0 Å². The molecule has 0 aliphatic rings. The van der Waals surface area contributed by atoms with E-state index in [1.165, 1.54) is 5.56 Å². The quantitative estimate of drug-likeness (QED) is 0.618. The fourth-order valence-electron chi connectivity index (χ4n) is 0.862. The molecule has 1 aromatic carbocycles. The van der Waals surface area contributed by atoms with Crippen molar-refractivity contribution in [2.24, 2.45) is 0 Å². The van der Waals surface area contributed by atoms with Crippen molar-refractivity contribution in [2.45, 2.75) is 20.0 Å². The van der Waals surface area contributed by atoms with Crippen LogP contribution >= 0.6 is 0 Å². The number of allylic oxidation sites excluding steroid dienone is 1. The van der Waals surface area contributed by atoms with Gasteiger partial charge in [-0.05, 0) is 5.56 Å². The monoisotopic (exact) mass is 162 g/mol. The van der Waals surface area contributed by atoms with Crippen molar-refractivity contribution >= 4 is 0 Å². The van der Waals surface area contributed by atoms with Gasteiger partial charge in [-0.3, -0.25) is 0 Å². The predicted octanol–water partition coefficient (Wildman–Crippen LogP) is 3.13. The van der Waals surface area contributed by atoms with E-state index in [4.69, 9.17) is 4.74 Å². The largest absolute Gasteiger partial charge is 0.494 e. The van der Waals surface area contributed by atoms with Gasteiger partial charge in [0.05, 0.1) is 5.76 Å². The molecule has 64 valence electrons. The van der Waals surface area contributed by atoms with Gasteiger partial charge in [0.15, 0.2) is 0 Å². The van der Waals surface area contributed by atoms with Crippen molar-refractivity contribution < 1.29 is 4.74 Å². The molecule has 1 heteroatoms. The first-order valence-electron chi connectivity index (χ1n) is 4.17. The molecular weight excluding hydrogens is 148 g/mol. The Labute approximate surface area is 73.7 Å². The maximum Gasteiger partial charge on any atom is 0.113 e. The zero-order chi connectivity index (χ0) is 8.81. The lowest BCUT2D eigenvalue weighted by atomic mass is 10.2. The molecule has 1 rings (SSSR count). The lowest BCUT2D eigenvalue weighted by molar-refractivity contribution is 0.193. The van der Waals surface area contributed by atoms with Gasteiger partial charge in [0, 0.05) is 6.42 Å². The zero-order valence-corrected chi connectivity index (χ0v) is 7.42. The molecule has 0 heterocycles. The number of hydrogen-bond acceptors (Lipinski definition) is 1. The van der Waals surface area contributed by atoms with E-state index in [2.05, 4.69) is 6.58 Å². The van der Waals surface area contributed by atoms with E-state index in [1.54, 1.807) is 0 Å². The van der Waals surface area contributed by atoms with Crippen molar-refractivity contribution in [3.63, 3.8) is 0 Å². The molecule has 0 aliphatic carbocycles. The minimum atomic E-state index is 0.632. The van der Waals surface area contributed by atoms with Crippen LogP contribution in [0.5, 0.6) is 0 Å². The lowest BCUT2D eigenvalue weighted by Crippen LogP contribution is -1.90. The van der Waals surface area contributed by atoms with Crippen molar-refractivity contribution in [2.75, 3.05) is 0 Å². The van der Waals surface area contributed by atoms with E-state index < -0.39 is 0 Å². The van der Waals surface area contributed by atoms with Crippen molar-refractivity contribution in [1.82, 2.24) is 0 Å². The number of rotatable bonds is 4. The zero-order valence-electron chi connectivity index (χ0n) is 7.42. The van der Waals surface area contributed by atoms with Crippen LogP contribution in [0.3, 0.4) is 0 Å². The fraction of sp³-hybridized carbons (Fsp3) is 0.273. The van der Waals surface area contributed by atoms with Crippen LogP contribution in [-0.4, -0.2) is 0 Å². The number of ether oxygens (including phenoxy) is 1. The standard InChI is InChI=1S/C11H14O/c1-3-10(2)12-9-11-7-5-4-6-8-11/h4-8H,2-3,9H2,1H3. The summed E-state index contributed by atoms with van der Waals surface area (Å²) in [6, 6.07) is 10.1. The summed E-state index contributed by atoms with van der Waals surface area (Å²) < 4.78 is 5.38. The van der Waals surface area contributed by atoms with E-state index in [0.29, 0.717) is 6.61 Å². The second-order valence-corrected chi connectivity index (χ2v) is 2.67. The molecule has 0 saturated heterocycles. The van der Waals surface area contributed by atoms with E-state index in [9.17, 15) is 0 Å². The van der Waals surface area contributed by atoms with Crippen LogP contribution in [0.15, 0.2) is 42.7 Å². The summed E-state index contributed by atoms with van der Waals surface area (Å²) in [5.41, 5.74) is 1.19. The van der Waals surface area contributed by atoms with Gasteiger partial charge >= 0.3 is 0 Å². The first kappa shape index (κ1) is 8.85. The van der Waals surface area contributed by atoms with Crippen molar-refractivity contribution in [3.05, 3.63) is 48.2 Å². The van der Waals surface area contributed by atoms with E-state index in [-0.39, 0.29) is 0 Å². The van der Waals surface area contributed by atoms with E-state index in [1.807, 2.05) is 37.3 Å². The summed E-state index contributed by atoms with van der Waals surface area (Å²) in [5, 5.41) is 0. The Morgan fingerprint density at radius 2 is 2.00 bits per heavy atom. The summed E-state index contributed by atoms with van der Waals surface area (Å²) in [5.74, 6) is 0.846. The third-order valence-electron chi connectivity index (χ3n) is 1.68. The van der Waals surface area contributed by atoms with Crippen LogP contribution in [0.4, 0.5) is 0 Å². The van der Waals surface area contributed by atoms with Crippen LogP contribution in [0.25, 0.3) is 0 Å². The molecule has 0 amide bonds. The molecule has 1 aromatic rings. The number of hydrogen-bond donors (Lipinski definition) is 0. The summed E-state index contributed by atoms with van der Waals surface area (Å²) in [6.07, 6.45) is 0.882. The molecule has 0 N–H and O–H groups in total. The second-order valence-electron chi connectivity index (χ2n) is 2.67. The highest BCUT2D eigenvalue weighted by atomic mass is 16.5. The topological polar surface area (TPSA) is 9.23 Å². The third kappa shape index (κ3) is 2.79. The molecule has 0 saturated carbocycles. The smallest absolute Gasteiger partial charge is 0.113 e. The first-order chi connectivity index (χ1) is 5.83. The highest BCUT2D eigenvalue weighted by molar-refractivity contribution is 5.13. The maximum absolute atomic E-state index is 5.38. The van der Waals surface area contributed by atoms with Gasteiger partial charge in [-0.15, -0.1) is 0 Å². The lowest BCUT2D eigenvalue weighted by Gasteiger charge is -2.06. The normalized spacial score (nSPS) is 9.42. The Hall–Kier alpha value is -1.24. The van der Waals surface area contributed by atoms with Crippen LogP contribution in [-0.2, 0) is 11.3 Å². The number of benzene rings is 1. The molecule has 0 spiro atoms. The van der Waals surface area contributed by atoms with Gasteiger partial charge in [0.2, 0.25) is 0 Å². The molecule has 0 aromatic heterocycles. The van der Waals surface area contributed by atoms with Crippen LogP contribution < -0.4 is 0 Å². The SMILES string of the molecule is C=C(CC)OCc1ccccc1. The summed E-state index contributed by atoms with van der Waals surface area (Å²) in [4.78, 5) is 0. The highest BCUT2D eigenvalue weighted by Gasteiger charge is 1.92. The Kier molecular flexibility index (Phi) is 3.39. The van der Waals surface area contributed by atoms with Crippen LogP contribution in [0.2, 0.25) is 0 Å². The van der Waals surface area contributed by atoms with Crippen molar-refractivity contribution in [3.8, 4) is 0 Å². The Morgan fingerprint density at radius 3 is 2.58 bits per heavy atom. The molecule has 0 aliphatic heterocycles.